The predicted molar refractivity (Wildman–Crippen MR) is 263 cm³/mol. The first-order chi connectivity index (χ1) is 29.5. The first-order valence-corrected chi connectivity index (χ1v) is 28.4. The van der Waals surface area contributed by atoms with Crippen LogP contribution in [0.5, 0.6) is 0 Å². The van der Waals surface area contributed by atoms with Crippen molar-refractivity contribution in [3.8, 4) is 0 Å². The lowest BCUT2D eigenvalue weighted by Gasteiger charge is -2.26. The summed E-state index contributed by atoms with van der Waals surface area (Å²) in [7, 11) is 1.63. The van der Waals surface area contributed by atoms with Crippen molar-refractivity contribution in [2.45, 2.75) is 289 Å². The van der Waals surface area contributed by atoms with Crippen LogP contribution in [0.4, 0.5) is 0 Å². The van der Waals surface area contributed by atoms with E-state index in [-0.39, 0.29) is 19.1 Å². The molecule has 3 N–H and O–H groups in total. The number of carbonyl (C=O) groups excluding carboxylic acids is 1. The van der Waals surface area contributed by atoms with Crippen LogP contribution in [0.1, 0.15) is 277 Å². The molecule has 1 amide bonds. The maximum atomic E-state index is 13.0. The van der Waals surface area contributed by atoms with Crippen LogP contribution >= 0.6 is 7.82 Å². The normalized spacial score (nSPS) is 14.0. The highest BCUT2D eigenvalue weighted by molar-refractivity contribution is 7.47. The molecule has 3 atom stereocenters. The lowest BCUT2D eigenvalue weighted by molar-refractivity contribution is -0.870. The second kappa shape index (κ2) is 44.7. The van der Waals surface area contributed by atoms with Gasteiger partial charge in [-0.1, -0.05) is 258 Å². The SMILES string of the molecule is CCCCCCCCCCCCCCCCCCCCCCCCCC(=O)N[C@@H](COP(=O)(O)OCC[N+](C)(C)C)[C@H](O)CCCCCCCCCCCCCCCCCC. The third-order valence-corrected chi connectivity index (χ3v) is 13.6. The quantitative estimate of drug-likeness (QED) is 0.0319. The van der Waals surface area contributed by atoms with E-state index in [1.807, 2.05) is 21.1 Å². The molecule has 0 aromatic heterocycles. The van der Waals surface area contributed by atoms with Gasteiger partial charge in [0.25, 0.3) is 0 Å². The van der Waals surface area contributed by atoms with Gasteiger partial charge in [0.2, 0.25) is 5.91 Å². The predicted octanol–water partition coefficient (Wildman–Crippen LogP) is 15.7. The molecule has 0 aromatic carbocycles. The standard InChI is InChI=1S/C52H107N2O6P/c1-6-8-10-12-14-16-18-20-22-24-25-26-27-28-29-30-32-34-36-38-40-42-44-46-52(56)53-50(49-60-61(57,58)59-48-47-54(3,4)5)51(55)45-43-41-39-37-35-33-31-23-21-19-17-15-13-11-9-7-2/h50-51,55H,6-49H2,1-5H3,(H-,53,56,57,58)/p+1/t50-,51+/m0/s1. The van der Waals surface area contributed by atoms with Gasteiger partial charge in [-0.15, -0.1) is 0 Å². The number of phosphoric ester groups is 1. The summed E-state index contributed by atoms with van der Waals surface area (Å²) in [5.41, 5.74) is 0. The van der Waals surface area contributed by atoms with E-state index in [4.69, 9.17) is 9.05 Å². The van der Waals surface area contributed by atoms with Gasteiger partial charge >= 0.3 is 7.82 Å². The van der Waals surface area contributed by atoms with Crippen molar-refractivity contribution in [1.29, 1.82) is 0 Å². The number of hydrogen-bond donors (Lipinski definition) is 3. The molecule has 0 rings (SSSR count). The molecular formula is C52H108N2O6P+. The van der Waals surface area contributed by atoms with Crippen LogP contribution in [0.15, 0.2) is 0 Å². The fourth-order valence-electron chi connectivity index (χ4n) is 8.34. The first kappa shape index (κ1) is 60.5. The van der Waals surface area contributed by atoms with Crippen LogP contribution < -0.4 is 5.32 Å². The molecule has 1 unspecified atom stereocenters. The van der Waals surface area contributed by atoms with E-state index in [0.29, 0.717) is 23.9 Å². The van der Waals surface area contributed by atoms with Gasteiger partial charge in [0.1, 0.15) is 13.2 Å². The highest BCUT2D eigenvalue weighted by Crippen LogP contribution is 2.43. The van der Waals surface area contributed by atoms with Crippen LogP contribution in [0.2, 0.25) is 0 Å². The summed E-state index contributed by atoms with van der Waals surface area (Å²) in [5, 5.41) is 14.0. The fourth-order valence-corrected chi connectivity index (χ4v) is 9.08. The van der Waals surface area contributed by atoms with E-state index in [1.165, 1.54) is 212 Å². The lowest BCUT2D eigenvalue weighted by atomic mass is 10.0. The lowest BCUT2D eigenvalue weighted by Crippen LogP contribution is -2.46. The average molecular weight is 888 g/mol. The highest BCUT2D eigenvalue weighted by Gasteiger charge is 2.28. The Morgan fingerprint density at radius 1 is 0.492 bits per heavy atom. The van der Waals surface area contributed by atoms with Crippen LogP contribution in [0.3, 0.4) is 0 Å². The zero-order valence-corrected chi connectivity index (χ0v) is 42.6. The van der Waals surface area contributed by atoms with Gasteiger partial charge in [-0.25, -0.2) is 4.57 Å². The van der Waals surface area contributed by atoms with E-state index in [0.717, 1.165) is 38.5 Å². The Hall–Kier alpha value is -0.500. The Kier molecular flexibility index (Phi) is 44.3. The molecule has 0 spiro atoms. The molecule has 0 aliphatic carbocycles. The van der Waals surface area contributed by atoms with Gasteiger partial charge in [0, 0.05) is 6.42 Å². The van der Waals surface area contributed by atoms with Gasteiger partial charge in [0.05, 0.1) is 39.9 Å². The van der Waals surface area contributed by atoms with Crippen molar-refractivity contribution in [3.05, 3.63) is 0 Å². The number of amides is 1. The van der Waals surface area contributed by atoms with Gasteiger partial charge in [-0.2, -0.15) is 0 Å². The summed E-state index contributed by atoms with van der Waals surface area (Å²) in [6, 6.07) is -0.754. The highest BCUT2D eigenvalue weighted by atomic mass is 31.2. The van der Waals surface area contributed by atoms with Gasteiger partial charge < -0.3 is 19.8 Å². The molecule has 0 heterocycles. The van der Waals surface area contributed by atoms with Crippen molar-refractivity contribution < 1.29 is 32.9 Å². The minimum atomic E-state index is -4.31. The molecule has 0 aliphatic rings. The van der Waals surface area contributed by atoms with Gasteiger partial charge in [-0.05, 0) is 12.8 Å². The van der Waals surface area contributed by atoms with Crippen molar-refractivity contribution >= 4 is 13.7 Å². The summed E-state index contributed by atoms with van der Waals surface area (Å²) < 4.78 is 23.7. The molecule has 9 heteroatoms. The van der Waals surface area contributed by atoms with Gasteiger partial charge in [-0.3, -0.25) is 13.8 Å². The Labute approximate surface area is 380 Å². The summed E-state index contributed by atoms with van der Waals surface area (Å²) in [6.45, 7) is 4.93. The number of rotatable bonds is 50. The molecule has 8 nitrogen and oxygen atoms in total. The maximum absolute atomic E-state index is 13.0. The van der Waals surface area contributed by atoms with Crippen LogP contribution in [-0.4, -0.2) is 73.4 Å². The molecule has 0 radical (unpaired) electrons. The largest absolute Gasteiger partial charge is 0.472 e. The summed E-state index contributed by atoms with van der Waals surface area (Å²) >= 11 is 0. The number of unbranched alkanes of at least 4 members (excludes halogenated alkanes) is 37. The van der Waals surface area contributed by atoms with Crippen molar-refractivity contribution in [2.24, 2.45) is 0 Å². The first-order valence-electron chi connectivity index (χ1n) is 26.9. The zero-order chi connectivity index (χ0) is 45.0. The second-order valence-electron chi connectivity index (χ2n) is 20.0. The number of likely N-dealkylation sites (N-methyl/N-ethyl adjacent to an activating group) is 1. The number of hydrogen-bond acceptors (Lipinski definition) is 5. The molecule has 0 aliphatic heterocycles. The summed E-state index contributed by atoms with van der Waals surface area (Å²) in [5.74, 6) is -0.137. The van der Waals surface area contributed by atoms with E-state index in [2.05, 4.69) is 19.2 Å². The van der Waals surface area contributed by atoms with E-state index in [1.54, 1.807) is 0 Å². The number of nitrogens with zero attached hydrogens (tertiary/aromatic N) is 1. The zero-order valence-electron chi connectivity index (χ0n) is 41.7. The second-order valence-corrected chi connectivity index (χ2v) is 21.4. The van der Waals surface area contributed by atoms with Crippen molar-refractivity contribution in [2.75, 3.05) is 40.9 Å². The minimum Gasteiger partial charge on any atom is -0.391 e. The van der Waals surface area contributed by atoms with Crippen molar-refractivity contribution in [1.82, 2.24) is 5.32 Å². The van der Waals surface area contributed by atoms with Gasteiger partial charge in [0.15, 0.2) is 0 Å². The number of nitrogens with one attached hydrogen (secondary N) is 1. The molecule has 61 heavy (non-hydrogen) atoms. The molecule has 0 saturated heterocycles. The fraction of sp³-hybridized carbons (Fsp3) is 0.981. The topological polar surface area (TPSA) is 105 Å². The molecule has 0 bridgehead atoms. The summed E-state index contributed by atoms with van der Waals surface area (Å²) in [6.07, 6.45) is 51.4. The smallest absolute Gasteiger partial charge is 0.391 e. The monoisotopic (exact) mass is 888 g/mol. The molecular weight excluding hydrogens is 780 g/mol. The number of phosphoric acid groups is 1. The minimum absolute atomic E-state index is 0.0790. The number of quaternary nitrogens is 1. The Morgan fingerprint density at radius 2 is 0.787 bits per heavy atom. The number of aliphatic hydroxyl groups is 1. The maximum Gasteiger partial charge on any atom is 0.472 e. The summed E-state index contributed by atoms with van der Waals surface area (Å²) in [4.78, 5) is 23.3. The Morgan fingerprint density at radius 3 is 1.10 bits per heavy atom. The number of carbonyl (C=O) groups is 1. The van der Waals surface area contributed by atoms with E-state index in [9.17, 15) is 19.4 Å². The average Bonchev–Trinajstić information content (AvgIpc) is 3.21. The van der Waals surface area contributed by atoms with Crippen LogP contribution in [0, 0.1) is 0 Å². The molecule has 0 fully saturated rings. The third-order valence-electron chi connectivity index (χ3n) is 12.6. The Bertz CT molecular complexity index is 963. The Balaban J connectivity index is 4.15. The van der Waals surface area contributed by atoms with E-state index < -0.39 is 20.0 Å². The van der Waals surface area contributed by atoms with Crippen LogP contribution in [-0.2, 0) is 18.4 Å². The third kappa shape index (κ3) is 47.3. The van der Waals surface area contributed by atoms with Crippen LogP contribution in [0.25, 0.3) is 0 Å². The van der Waals surface area contributed by atoms with Crippen molar-refractivity contribution in [3.63, 3.8) is 0 Å². The number of aliphatic hydroxyl groups excluding tert-OH is 1. The molecule has 0 aromatic rings. The molecule has 366 valence electrons. The van der Waals surface area contributed by atoms with E-state index >= 15 is 0 Å². The molecule has 0 saturated carbocycles.